The van der Waals surface area contributed by atoms with Crippen LogP contribution in [0.5, 0.6) is 0 Å². The van der Waals surface area contributed by atoms with Gasteiger partial charge in [0.1, 0.15) is 0 Å². The topological polar surface area (TPSA) is 0 Å². The van der Waals surface area contributed by atoms with Gasteiger partial charge in [-0.15, -0.1) is 0 Å². The van der Waals surface area contributed by atoms with Crippen LogP contribution in [0.1, 0.15) is 112 Å². The third-order valence-electron chi connectivity index (χ3n) is 12.5. The molecule has 0 spiro atoms. The predicted molar refractivity (Wildman–Crippen MR) is 116 cm³/mol. The quantitative estimate of drug-likeness (QED) is 0.404. The first-order valence-electron chi connectivity index (χ1n) is 12.6. The summed E-state index contributed by atoms with van der Waals surface area (Å²) < 4.78 is 0. The van der Waals surface area contributed by atoms with Gasteiger partial charge in [-0.25, -0.2) is 0 Å². The van der Waals surface area contributed by atoms with E-state index in [0.717, 1.165) is 35.5 Å². The fourth-order valence-electron chi connectivity index (χ4n) is 10.7. The molecule has 9 atom stereocenters. The van der Waals surface area contributed by atoms with Crippen LogP contribution in [0, 0.1) is 57.2 Å². The molecule has 5 aliphatic carbocycles. The molecule has 0 bridgehead atoms. The molecular formula is C27H46. The minimum atomic E-state index is 0.543. The molecule has 0 N–H and O–H groups in total. The highest BCUT2D eigenvalue weighted by molar-refractivity contribution is 5.14. The second kappa shape index (κ2) is 5.78. The normalized spacial score (nSPS) is 59.3. The summed E-state index contributed by atoms with van der Waals surface area (Å²) in [4.78, 5) is 0. The van der Waals surface area contributed by atoms with Crippen LogP contribution in [0.2, 0.25) is 0 Å². The highest BCUT2D eigenvalue weighted by Gasteiger charge is 2.65. The van der Waals surface area contributed by atoms with Gasteiger partial charge in [-0.2, -0.15) is 0 Å². The second-order valence-electron chi connectivity index (χ2n) is 13.5. The Morgan fingerprint density at radius 2 is 1.33 bits per heavy atom. The summed E-state index contributed by atoms with van der Waals surface area (Å²) in [6.07, 6.45) is 16.9. The van der Waals surface area contributed by atoms with Gasteiger partial charge in [0.25, 0.3) is 0 Å². The summed E-state index contributed by atoms with van der Waals surface area (Å²) >= 11 is 0. The number of hydrogen-bond donors (Lipinski definition) is 0. The fraction of sp³-hybridized carbons (Fsp3) is 1.00. The molecule has 0 radical (unpaired) electrons. The van der Waals surface area contributed by atoms with Crippen LogP contribution in [-0.2, 0) is 0 Å². The van der Waals surface area contributed by atoms with E-state index in [1.807, 2.05) is 0 Å². The van der Waals surface area contributed by atoms with E-state index in [1.165, 1.54) is 32.1 Å². The van der Waals surface area contributed by atoms with Crippen molar-refractivity contribution in [1.29, 1.82) is 0 Å². The molecule has 5 saturated carbocycles. The van der Waals surface area contributed by atoms with Crippen molar-refractivity contribution >= 4 is 0 Å². The minimum absolute atomic E-state index is 0.543. The summed E-state index contributed by atoms with van der Waals surface area (Å²) in [5, 5.41) is 0. The molecule has 0 aliphatic heterocycles. The van der Waals surface area contributed by atoms with Crippen LogP contribution in [0.4, 0.5) is 0 Å². The third kappa shape index (κ3) is 2.34. The molecule has 0 saturated heterocycles. The Morgan fingerprint density at radius 1 is 0.593 bits per heavy atom. The molecule has 5 rings (SSSR count). The predicted octanol–water partition coefficient (Wildman–Crippen LogP) is 8.11. The van der Waals surface area contributed by atoms with Gasteiger partial charge in [-0.1, -0.05) is 48.0 Å². The first-order valence-corrected chi connectivity index (χ1v) is 12.6. The van der Waals surface area contributed by atoms with Crippen molar-refractivity contribution in [2.45, 2.75) is 112 Å². The number of hydrogen-bond acceptors (Lipinski definition) is 0. The molecule has 0 aromatic heterocycles. The van der Waals surface area contributed by atoms with Gasteiger partial charge in [-0.3, -0.25) is 0 Å². The van der Waals surface area contributed by atoms with Crippen molar-refractivity contribution in [1.82, 2.24) is 0 Å². The molecule has 5 fully saturated rings. The number of fused-ring (bicyclic) bond motifs is 7. The van der Waals surface area contributed by atoms with Crippen LogP contribution >= 0.6 is 0 Å². The second-order valence-corrected chi connectivity index (χ2v) is 13.5. The Labute approximate surface area is 169 Å². The van der Waals surface area contributed by atoms with Crippen molar-refractivity contribution in [3.05, 3.63) is 0 Å². The molecule has 0 nitrogen and oxygen atoms in total. The maximum atomic E-state index is 2.79. The average Bonchev–Trinajstić information content (AvgIpc) is 3.00. The largest absolute Gasteiger partial charge is 0.0620 e. The van der Waals surface area contributed by atoms with Gasteiger partial charge in [0.15, 0.2) is 0 Å². The Morgan fingerprint density at radius 3 is 2.11 bits per heavy atom. The lowest BCUT2D eigenvalue weighted by atomic mass is 9.36. The van der Waals surface area contributed by atoms with Crippen LogP contribution < -0.4 is 0 Å². The van der Waals surface area contributed by atoms with E-state index >= 15 is 0 Å². The van der Waals surface area contributed by atoms with Crippen molar-refractivity contribution in [2.75, 3.05) is 0 Å². The van der Waals surface area contributed by atoms with E-state index in [9.17, 15) is 0 Å². The van der Waals surface area contributed by atoms with Crippen LogP contribution in [0.3, 0.4) is 0 Å². The molecule has 0 heteroatoms. The molecule has 0 aromatic rings. The lowest BCUT2D eigenvalue weighted by Crippen LogP contribution is -2.62. The van der Waals surface area contributed by atoms with E-state index in [-0.39, 0.29) is 0 Å². The van der Waals surface area contributed by atoms with E-state index < -0.39 is 0 Å². The molecular weight excluding hydrogens is 324 g/mol. The maximum absolute atomic E-state index is 2.79. The van der Waals surface area contributed by atoms with E-state index in [0.29, 0.717) is 21.7 Å². The molecule has 0 aromatic carbocycles. The molecule has 27 heavy (non-hydrogen) atoms. The summed E-state index contributed by atoms with van der Waals surface area (Å²) in [6.45, 7) is 16.0. The average molecular weight is 371 g/mol. The Balaban J connectivity index is 1.48. The molecule has 154 valence electrons. The Bertz CT molecular complexity index is 603. The summed E-state index contributed by atoms with van der Waals surface area (Å²) in [6, 6.07) is 0. The zero-order valence-electron chi connectivity index (χ0n) is 19.2. The first-order chi connectivity index (χ1) is 12.6. The lowest BCUT2D eigenvalue weighted by molar-refractivity contribution is -0.203. The standard InChI is InChI=1S/C27H46/c1-18-11-16-27(6)22(24(18,2)3)13-17-26(5)21-12-15-25(4)14-7-8-20(25)19(21)9-10-23(26)27/h18-23H,7-17H2,1-6H3. The Hall–Kier alpha value is 0. The fourth-order valence-corrected chi connectivity index (χ4v) is 10.7. The van der Waals surface area contributed by atoms with Crippen LogP contribution in [0.15, 0.2) is 0 Å². The summed E-state index contributed by atoms with van der Waals surface area (Å²) in [5.41, 5.74) is 2.52. The highest BCUT2D eigenvalue weighted by Crippen LogP contribution is 2.73. The SMILES string of the molecule is CC1CCC2(C)C(CCC3(C)C4CCC5(C)CCCC5C4CCC32)C1(C)C. The van der Waals surface area contributed by atoms with Gasteiger partial charge in [-0.05, 0) is 121 Å². The van der Waals surface area contributed by atoms with Crippen molar-refractivity contribution in [3.8, 4) is 0 Å². The lowest BCUT2D eigenvalue weighted by Gasteiger charge is -2.69. The van der Waals surface area contributed by atoms with Crippen LogP contribution in [0.25, 0.3) is 0 Å². The van der Waals surface area contributed by atoms with Crippen LogP contribution in [-0.4, -0.2) is 0 Å². The molecule has 5 aliphatic rings. The first kappa shape index (κ1) is 19.0. The highest BCUT2D eigenvalue weighted by atomic mass is 14.7. The van der Waals surface area contributed by atoms with Gasteiger partial charge < -0.3 is 0 Å². The third-order valence-corrected chi connectivity index (χ3v) is 12.5. The van der Waals surface area contributed by atoms with Gasteiger partial charge >= 0.3 is 0 Å². The smallest absolute Gasteiger partial charge is 0.0259 e. The van der Waals surface area contributed by atoms with E-state index in [2.05, 4.69) is 41.5 Å². The summed E-state index contributed by atoms with van der Waals surface area (Å²) in [7, 11) is 0. The maximum Gasteiger partial charge on any atom is -0.0259 e. The molecule has 0 heterocycles. The Kier molecular flexibility index (Phi) is 4.07. The van der Waals surface area contributed by atoms with Crippen molar-refractivity contribution in [2.24, 2.45) is 57.2 Å². The number of rotatable bonds is 0. The molecule has 0 amide bonds. The van der Waals surface area contributed by atoms with Gasteiger partial charge in [0, 0.05) is 0 Å². The van der Waals surface area contributed by atoms with Crippen molar-refractivity contribution < 1.29 is 0 Å². The van der Waals surface area contributed by atoms with Crippen molar-refractivity contribution in [3.63, 3.8) is 0 Å². The molecule has 9 unspecified atom stereocenters. The zero-order valence-corrected chi connectivity index (χ0v) is 19.2. The van der Waals surface area contributed by atoms with E-state index in [4.69, 9.17) is 0 Å². The van der Waals surface area contributed by atoms with Gasteiger partial charge in [0.2, 0.25) is 0 Å². The van der Waals surface area contributed by atoms with Gasteiger partial charge in [0.05, 0.1) is 0 Å². The van der Waals surface area contributed by atoms with E-state index in [1.54, 1.807) is 38.5 Å². The minimum Gasteiger partial charge on any atom is -0.0620 e. The summed E-state index contributed by atoms with van der Waals surface area (Å²) in [5.74, 6) is 6.06. The monoisotopic (exact) mass is 370 g/mol. The zero-order chi connectivity index (χ0) is 19.2.